The van der Waals surface area contributed by atoms with Crippen molar-refractivity contribution in [2.75, 3.05) is 18.5 Å². The Kier molecular flexibility index (Phi) is 6.65. The van der Waals surface area contributed by atoms with Crippen LogP contribution in [0.5, 0.6) is 11.5 Å². The number of carboxylic acids is 1. The summed E-state index contributed by atoms with van der Waals surface area (Å²) in [5.74, 6) is -0.964. The molecule has 0 saturated heterocycles. The zero-order valence-electron chi connectivity index (χ0n) is 13.6. The van der Waals surface area contributed by atoms with E-state index in [-0.39, 0.29) is 11.3 Å². The highest BCUT2D eigenvalue weighted by Crippen LogP contribution is 2.23. The molecule has 132 valence electrons. The molecule has 2 N–H and O–H groups in total. The van der Waals surface area contributed by atoms with Crippen LogP contribution in [-0.4, -0.2) is 30.2 Å². The molecule has 6 nitrogen and oxygen atoms in total. The number of ether oxygens (including phenoxy) is 2. The van der Waals surface area contributed by atoms with Gasteiger partial charge in [0, 0.05) is 24.2 Å². The highest BCUT2D eigenvalue weighted by molar-refractivity contribution is 6.30. The van der Waals surface area contributed by atoms with Crippen molar-refractivity contribution in [2.24, 2.45) is 0 Å². The Morgan fingerprint density at radius 1 is 1.16 bits per heavy atom. The summed E-state index contributed by atoms with van der Waals surface area (Å²) in [7, 11) is 0. The summed E-state index contributed by atoms with van der Waals surface area (Å²) in [5.41, 5.74) is 0.553. The number of rotatable bonds is 8. The number of benzene rings is 2. The predicted octanol–water partition coefficient (Wildman–Crippen LogP) is 3.84. The zero-order valence-corrected chi connectivity index (χ0v) is 14.4. The van der Waals surface area contributed by atoms with Gasteiger partial charge in [0.1, 0.15) is 17.1 Å². The number of hydrogen-bond donors (Lipinski definition) is 2. The molecule has 2 rings (SSSR count). The number of esters is 1. The number of halogens is 1. The number of carbonyl (C=O) groups excluding carboxylic acids is 1. The van der Waals surface area contributed by atoms with Crippen molar-refractivity contribution in [1.82, 2.24) is 0 Å². The molecule has 0 aromatic heterocycles. The molecule has 7 heteroatoms. The van der Waals surface area contributed by atoms with Crippen LogP contribution in [0, 0.1) is 0 Å². The molecular formula is C18H18ClNO5. The molecule has 0 aliphatic rings. The van der Waals surface area contributed by atoms with E-state index in [0.29, 0.717) is 23.9 Å². The van der Waals surface area contributed by atoms with Gasteiger partial charge in [-0.1, -0.05) is 11.6 Å². The van der Waals surface area contributed by atoms with Gasteiger partial charge in [-0.2, -0.15) is 0 Å². The third-order valence-corrected chi connectivity index (χ3v) is 3.45. The SMILES string of the molecule is CC(=O)Oc1ccc(NCCCOc2ccc(Cl)cc2)cc1C(=O)O. The Morgan fingerprint density at radius 2 is 1.88 bits per heavy atom. The topological polar surface area (TPSA) is 84.9 Å². The predicted molar refractivity (Wildman–Crippen MR) is 94.8 cm³/mol. The van der Waals surface area contributed by atoms with Crippen molar-refractivity contribution in [3.63, 3.8) is 0 Å². The molecule has 0 bridgehead atoms. The van der Waals surface area contributed by atoms with Crippen molar-refractivity contribution in [1.29, 1.82) is 0 Å². The first kappa shape index (κ1) is 18.6. The van der Waals surface area contributed by atoms with Crippen molar-refractivity contribution < 1.29 is 24.2 Å². The summed E-state index contributed by atoms with van der Waals surface area (Å²) in [6.45, 7) is 2.32. The first-order valence-corrected chi connectivity index (χ1v) is 8.01. The van der Waals surface area contributed by atoms with Crippen molar-refractivity contribution in [3.05, 3.63) is 53.1 Å². The minimum absolute atomic E-state index is 0.0246. The van der Waals surface area contributed by atoms with Crippen LogP contribution in [0.1, 0.15) is 23.7 Å². The van der Waals surface area contributed by atoms with E-state index in [1.807, 2.05) is 0 Å². The van der Waals surface area contributed by atoms with E-state index >= 15 is 0 Å². The maximum atomic E-state index is 11.3. The van der Waals surface area contributed by atoms with E-state index in [0.717, 1.165) is 12.2 Å². The smallest absolute Gasteiger partial charge is 0.339 e. The number of hydrogen-bond acceptors (Lipinski definition) is 5. The summed E-state index contributed by atoms with van der Waals surface area (Å²) in [6, 6.07) is 11.6. The second kappa shape index (κ2) is 8.94. The maximum Gasteiger partial charge on any atom is 0.339 e. The largest absolute Gasteiger partial charge is 0.494 e. The lowest BCUT2D eigenvalue weighted by Gasteiger charge is -2.11. The highest BCUT2D eigenvalue weighted by Gasteiger charge is 2.13. The molecular weight excluding hydrogens is 346 g/mol. The molecule has 2 aromatic carbocycles. The Balaban J connectivity index is 1.84. The molecule has 0 amide bonds. The average molecular weight is 364 g/mol. The molecule has 0 saturated carbocycles. The van der Waals surface area contributed by atoms with Gasteiger partial charge in [-0.05, 0) is 48.9 Å². The number of nitrogens with one attached hydrogen (secondary N) is 1. The summed E-state index contributed by atoms with van der Waals surface area (Å²) >= 11 is 5.80. The molecule has 0 heterocycles. The Labute approximate surface area is 150 Å². The number of aromatic carboxylic acids is 1. The van der Waals surface area contributed by atoms with E-state index in [2.05, 4.69) is 5.32 Å². The van der Waals surface area contributed by atoms with E-state index in [1.54, 1.807) is 30.3 Å². The van der Waals surface area contributed by atoms with Crippen LogP contribution in [0.3, 0.4) is 0 Å². The van der Waals surface area contributed by atoms with Crippen molar-refractivity contribution in [2.45, 2.75) is 13.3 Å². The lowest BCUT2D eigenvalue weighted by molar-refractivity contribution is -0.131. The Bertz CT molecular complexity index is 746. The molecule has 0 fully saturated rings. The molecule has 25 heavy (non-hydrogen) atoms. The van der Waals surface area contributed by atoms with E-state index in [4.69, 9.17) is 21.1 Å². The molecule has 0 aliphatic heterocycles. The van der Waals surface area contributed by atoms with Gasteiger partial charge in [0.2, 0.25) is 0 Å². The third-order valence-electron chi connectivity index (χ3n) is 3.20. The van der Waals surface area contributed by atoms with Gasteiger partial charge in [-0.15, -0.1) is 0 Å². The van der Waals surface area contributed by atoms with Crippen LogP contribution >= 0.6 is 11.6 Å². The number of anilines is 1. The fourth-order valence-corrected chi connectivity index (χ4v) is 2.20. The van der Waals surface area contributed by atoms with E-state index in [9.17, 15) is 14.7 Å². The minimum Gasteiger partial charge on any atom is -0.494 e. The number of carbonyl (C=O) groups is 2. The molecule has 0 aliphatic carbocycles. The Morgan fingerprint density at radius 3 is 2.52 bits per heavy atom. The number of carboxylic acid groups (broad SMARTS) is 1. The molecule has 0 radical (unpaired) electrons. The summed E-state index contributed by atoms with van der Waals surface area (Å²) in [4.78, 5) is 22.3. The first-order chi connectivity index (χ1) is 12.0. The quantitative estimate of drug-likeness (QED) is 0.421. The van der Waals surface area contributed by atoms with Crippen LogP contribution < -0.4 is 14.8 Å². The van der Waals surface area contributed by atoms with Crippen LogP contribution in [0.2, 0.25) is 5.02 Å². The van der Waals surface area contributed by atoms with Gasteiger partial charge in [0.05, 0.1) is 6.61 Å². The molecule has 0 spiro atoms. The normalized spacial score (nSPS) is 10.2. The lowest BCUT2D eigenvalue weighted by atomic mass is 10.1. The van der Waals surface area contributed by atoms with E-state index in [1.165, 1.54) is 19.1 Å². The second-order valence-corrected chi connectivity index (χ2v) is 5.63. The Hall–Kier alpha value is -2.73. The highest BCUT2D eigenvalue weighted by atomic mass is 35.5. The van der Waals surface area contributed by atoms with E-state index < -0.39 is 11.9 Å². The average Bonchev–Trinajstić information content (AvgIpc) is 2.56. The van der Waals surface area contributed by atoms with Crippen LogP contribution in [0.25, 0.3) is 0 Å². The van der Waals surface area contributed by atoms with Gasteiger partial charge in [-0.25, -0.2) is 4.79 Å². The van der Waals surface area contributed by atoms with Gasteiger partial charge in [0.15, 0.2) is 0 Å². The monoisotopic (exact) mass is 363 g/mol. The zero-order chi connectivity index (χ0) is 18.2. The van der Waals surface area contributed by atoms with Crippen LogP contribution in [0.15, 0.2) is 42.5 Å². The third kappa shape index (κ3) is 6.00. The van der Waals surface area contributed by atoms with Crippen LogP contribution in [0.4, 0.5) is 5.69 Å². The molecule has 2 aromatic rings. The fraction of sp³-hybridized carbons (Fsp3) is 0.222. The molecule has 0 atom stereocenters. The maximum absolute atomic E-state index is 11.3. The summed E-state index contributed by atoms with van der Waals surface area (Å²) < 4.78 is 10.5. The van der Waals surface area contributed by atoms with Crippen molar-refractivity contribution in [3.8, 4) is 11.5 Å². The summed E-state index contributed by atoms with van der Waals surface area (Å²) in [6.07, 6.45) is 0.719. The van der Waals surface area contributed by atoms with Gasteiger partial charge in [0.25, 0.3) is 0 Å². The fourth-order valence-electron chi connectivity index (χ4n) is 2.08. The first-order valence-electron chi connectivity index (χ1n) is 7.63. The second-order valence-electron chi connectivity index (χ2n) is 5.19. The molecule has 0 unspecified atom stereocenters. The summed E-state index contributed by atoms with van der Waals surface area (Å²) in [5, 5.41) is 13.0. The standard InChI is InChI=1S/C18H18ClNO5/c1-12(21)25-17-8-5-14(11-16(17)18(22)23)20-9-2-10-24-15-6-3-13(19)4-7-15/h3-8,11,20H,2,9-10H2,1H3,(H,22,23). The van der Waals surface area contributed by atoms with Crippen molar-refractivity contribution >= 4 is 29.2 Å². The minimum atomic E-state index is -1.16. The van der Waals surface area contributed by atoms with Crippen LogP contribution in [-0.2, 0) is 4.79 Å². The van der Waals surface area contributed by atoms with Gasteiger partial charge >= 0.3 is 11.9 Å². The van der Waals surface area contributed by atoms with Gasteiger partial charge in [-0.3, -0.25) is 4.79 Å². The van der Waals surface area contributed by atoms with Gasteiger partial charge < -0.3 is 19.9 Å². The lowest BCUT2D eigenvalue weighted by Crippen LogP contribution is -2.10.